The molecule has 1 atom stereocenters. The van der Waals surface area contributed by atoms with E-state index in [1.807, 2.05) is 0 Å². The number of fused-ring (bicyclic) bond motifs is 1. The molecule has 0 aliphatic heterocycles. The molecule has 1 aliphatic carbocycles. The molecule has 2 rings (SSSR count). The van der Waals surface area contributed by atoms with E-state index in [0.29, 0.717) is 11.8 Å². The van der Waals surface area contributed by atoms with Crippen molar-refractivity contribution in [1.82, 2.24) is 9.97 Å². The number of nitrogens with zero attached hydrogens (tertiary/aromatic N) is 2. The van der Waals surface area contributed by atoms with Gasteiger partial charge in [0.25, 0.3) is 0 Å². The minimum Gasteiger partial charge on any atom is -0.383 e. The SMILES string of the molecule is CCCC1CCc2nc(N)nc(N)c2C1. The summed E-state index contributed by atoms with van der Waals surface area (Å²) in [5.74, 6) is 1.63. The van der Waals surface area contributed by atoms with Gasteiger partial charge in [-0.1, -0.05) is 19.8 Å². The average molecular weight is 206 g/mol. The first kappa shape index (κ1) is 10.2. The summed E-state index contributed by atoms with van der Waals surface area (Å²) in [6.07, 6.45) is 5.72. The van der Waals surface area contributed by atoms with Gasteiger partial charge < -0.3 is 11.5 Å². The predicted molar refractivity (Wildman–Crippen MR) is 61.3 cm³/mol. The molecule has 1 aromatic rings. The third kappa shape index (κ3) is 2.03. The van der Waals surface area contributed by atoms with Gasteiger partial charge in [0.2, 0.25) is 5.95 Å². The van der Waals surface area contributed by atoms with Crippen molar-refractivity contribution in [3.05, 3.63) is 11.3 Å². The van der Waals surface area contributed by atoms with Crippen LogP contribution in [0.4, 0.5) is 11.8 Å². The Hall–Kier alpha value is -1.32. The lowest BCUT2D eigenvalue weighted by molar-refractivity contribution is 0.418. The van der Waals surface area contributed by atoms with Crippen LogP contribution < -0.4 is 11.5 Å². The van der Waals surface area contributed by atoms with Crippen LogP contribution in [0.1, 0.15) is 37.4 Å². The largest absolute Gasteiger partial charge is 0.383 e. The van der Waals surface area contributed by atoms with Crippen molar-refractivity contribution < 1.29 is 0 Å². The highest BCUT2D eigenvalue weighted by Gasteiger charge is 2.22. The molecule has 0 spiro atoms. The van der Waals surface area contributed by atoms with Crippen molar-refractivity contribution in [3.8, 4) is 0 Å². The van der Waals surface area contributed by atoms with Gasteiger partial charge in [-0.05, 0) is 25.2 Å². The molecule has 4 nitrogen and oxygen atoms in total. The summed E-state index contributed by atoms with van der Waals surface area (Å²) in [6, 6.07) is 0. The molecule has 0 saturated carbocycles. The van der Waals surface area contributed by atoms with Crippen molar-refractivity contribution >= 4 is 11.8 Å². The van der Waals surface area contributed by atoms with Gasteiger partial charge in [-0.2, -0.15) is 4.98 Å². The van der Waals surface area contributed by atoms with E-state index in [9.17, 15) is 0 Å². The molecule has 0 radical (unpaired) electrons. The summed E-state index contributed by atoms with van der Waals surface area (Å²) >= 11 is 0. The van der Waals surface area contributed by atoms with Crippen LogP contribution >= 0.6 is 0 Å². The quantitative estimate of drug-likeness (QED) is 0.769. The van der Waals surface area contributed by atoms with Crippen molar-refractivity contribution in [2.75, 3.05) is 11.5 Å². The van der Waals surface area contributed by atoms with Gasteiger partial charge in [0.05, 0.1) is 5.69 Å². The number of nitrogens with two attached hydrogens (primary N) is 2. The van der Waals surface area contributed by atoms with Crippen molar-refractivity contribution in [2.24, 2.45) is 5.92 Å². The molecule has 0 aromatic carbocycles. The normalized spacial score (nSPS) is 19.9. The van der Waals surface area contributed by atoms with E-state index < -0.39 is 0 Å². The van der Waals surface area contributed by atoms with Crippen molar-refractivity contribution in [1.29, 1.82) is 0 Å². The van der Waals surface area contributed by atoms with Gasteiger partial charge >= 0.3 is 0 Å². The molecule has 0 amide bonds. The van der Waals surface area contributed by atoms with Gasteiger partial charge in [-0.15, -0.1) is 0 Å². The standard InChI is InChI=1S/C11H18N4/c1-2-3-7-4-5-9-8(6-7)10(12)15-11(13)14-9/h7H,2-6H2,1H3,(H4,12,13,14,15). The van der Waals surface area contributed by atoms with Gasteiger partial charge in [0.15, 0.2) is 0 Å². The Bertz CT molecular complexity index is 362. The monoisotopic (exact) mass is 206 g/mol. The Labute approximate surface area is 90.1 Å². The molecule has 1 aliphatic rings. The number of hydrogen-bond acceptors (Lipinski definition) is 4. The van der Waals surface area contributed by atoms with Crippen LogP contribution in [0.3, 0.4) is 0 Å². The molecule has 82 valence electrons. The fraction of sp³-hybridized carbons (Fsp3) is 0.636. The number of nitrogen functional groups attached to an aromatic ring is 2. The Morgan fingerprint density at radius 2 is 2.13 bits per heavy atom. The van der Waals surface area contributed by atoms with Crippen LogP contribution in [0.2, 0.25) is 0 Å². The minimum absolute atomic E-state index is 0.306. The van der Waals surface area contributed by atoms with Crippen molar-refractivity contribution in [3.63, 3.8) is 0 Å². The van der Waals surface area contributed by atoms with Crippen LogP contribution in [0.25, 0.3) is 0 Å². The summed E-state index contributed by atoms with van der Waals surface area (Å²) in [5, 5.41) is 0. The number of aromatic nitrogens is 2. The highest BCUT2D eigenvalue weighted by atomic mass is 15.0. The molecule has 0 saturated heterocycles. The number of anilines is 2. The van der Waals surface area contributed by atoms with Gasteiger partial charge in [-0.25, -0.2) is 4.98 Å². The lowest BCUT2D eigenvalue weighted by Crippen LogP contribution is -2.19. The fourth-order valence-corrected chi connectivity index (χ4v) is 2.38. The van der Waals surface area contributed by atoms with E-state index in [0.717, 1.165) is 30.0 Å². The van der Waals surface area contributed by atoms with E-state index >= 15 is 0 Å². The average Bonchev–Trinajstić information content (AvgIpc) is 2.19. The topological polar surface area (TPSA) is 77.8 Å². The summed E-state index contributed by atoms with van der Waals surface area (Å²) in [5.41, 5.74) is 13.6. The maximum Gasteiger partial charge on any atom is 0.222 e. The van der Waals surface area contributed by atoms with E-state index in [1.54, 1.807) is 0 Å². The molecule has 0 bridgehead atoms. The molecule has 4 N–H and O–H groups in total. The van der Waals surface area contributed by atoms with Crippen LogP contribution in [-0.4, -0.2) is 9.97 Å². The minimum atomic E-state index is 0.306. The second kappa shape index (κ2) is 4.04. The number of rotatable bonds is 2. The number of hydrogen-bond donors (Lipinski definition) is 2. The summed E-state index contributed by atoms with van der Waals surface area (Å²) in [4.78, 5) is 8.28. The smallest absolute Gasteiger partial charge is 0.222 e. The highest BCUT2D eigenvalue weighted by Crippen LogP contribution is 2.30. The van der Waals surface area contributed by atoms with Gasteiger partial charge in [-0.3, -0.25) is 0 Å². The lowest BCUT2D eigenvalue weighted by atomic mass is 9.84. The Morgan fingerprint density at radius 1 is 1.33 bits per heavy atom. The van der Waals surface area contributed by atoms with Crippen LogP contribution in [0.15, 0.2) is 0 Å². The maximum absolute atomic E-state index is 5.87. The lowest BCUT2D eigenvalue weighted by Gasteiger charge is -2.24. The third-order valence-corrected chi connectivity index (χ3v) is 3.12. The second-order valence-electron chi connectivity index (χ2n) is 4.29. The van der Waals surface area contributed by atoms with E-state index in [-0.39, 0.29) is 0 Å². The molecule has 15 heavy (non-hydrogen) atoms. The zero-order valence-corrected chi connectivity index (χ0v) is 9.16. The Morgan fingerprint density at radius 3 is 2.87 bits per heavy atom. The Balaban J connectivity index is 2.25. The first-order chi connectivity index (χ1) is 7.20. The predicted octanol–water partition coefficient (Wildman–Crippen LogP) is 1.55. The molecular weight excluding hydrogens is 188 g/mol. The summed E-state index contributed by atoms with van der Waals surface area (Å²) < 4.78 is 0. The third-order valence-electron chi connectivity index (χ3n) is 3.12. The highest BCUT2D eigenvalue weighted by molar-refractivity contribution is 5.47. The second-order valence-corrected chi connectivity index (χ2v) is 4.29. The first-order valence-corrected chi connectivity index (χ1v) is 5.61. The maximum atomic E-state index is 5.87. The molecule has 0 fully saturated rings. The van der Waals surface area contributed by atoms with Gasteiger partial charge in [0.1, 0.15) is 5.82 Å². The Kier molecular flexibility index (Phi) is 2.75. The van der Waals surface area contributed by atoms with Gasteiger partial charge in [0, 0.05) is 5.56 Å². The molecule has 1 heterocycles. The zero-order valence-electron chi connectivity index (χ0n) is 9.16. The van der Waals surface area contributed by atoms with Crippen LogP contribution in [-0.2, 0) is 12.8 Å². The summed E-state index contributed by atoms with van der Waals surface area (Å²) in [6.45, 7) is 2.22. The van der Waals surface area contributed by atoms with Crippen LogP contribution in [0, 0.1) is 5.92 Å². The van der Waals surface area contributed by atoms with Crippen LogP contribution in [0.5, 0.6) is 0 Å². The first-order valence-electron chi connectivity index (χ1n) is 5.61. The zero-order chi connectivity index (χ0) is 10.8. The molecule has 1 aromatic heterocycles. The molecule has 4 heteroatoms. The molecule has 1 unspecified atom stereocenters. The van der Waals surface area contributed by atoms with E-state index in [2.05, 4.69) is 16.9 Å². The van der Waals surface area contributed by atoms with E-state index in [4.69, 9.17) is 11.5 Å². The fourth-order valence-electron chi connectivity index (χ4n) is 2.38. The van der Waals surface area contributed by atoms with Crippen molar-refractivity contribution in [2.45, 2.75) is 39.0 Å². The summed E-state index contributed by atoms with van der Waals surface area (Å²) in [7, 11) is 0. The van der Waals surface area contributed by atoms with E-state index in [1.165, 1.54) is 19.3 Å². The number of aryl methyl sites for hydroxylation is 1. The molecular formula is C11H18N4.